The van der Waals surface area contributed by atoms with E-state index in [0.29, 0.717) is 12.0 Å². The highest BCUT2D eigenvalue weighted by molar-refractivity contribution is 5.78. The summed E-state index contributed by atoms with van der Waals surface area (Å²) in [6.45, 7) is 4.55. The van der Waals surface area contributed by atoms with E-state index in [1.807, 2.05) is 12.3 Å². The van der Waals surface area contributed by atoms with Gasteiger partial charge in [-0.3, -0.25) is 4.98 Å². The second-order valence-corrected chi connectivity index (χ2v) is 5.54. The summed E-state index contributed by atoms with van der Waals surface area (Å²) < 4.78 is 0. The van der Waals surface area contributed by atoms with Crippen LogP contribution in [0.3, 0.4) is 0 Å². The zero-order valence-electron chi connectivity index (χ0n) is 12.9. The molecule has 1 heterocycles. The third kappa shape index (κ3) is 3.37. The Morgan fingerprint density at radius 1 is 1.20 bits per heavy atom. The van der Waals surface area contributed by atoms with E-state index in [1.54, 1.807) is 0 Å². The molecule has 0 radical (unpaired) electrons. The Bertz CT molecular complexity index is 536. The third-order valence-electron chi connectivity index (χ3n) is 4.21. The molecule has 1 N–H and O–H groups in total. The van der Waals surface area contributed by atoms with Gasteiger partial charge in [0, 0.05) is 17.6 Å². The molecule has 0 aliphatic rings. The molecule has 1 aromatic heterocycles. The Hall–Kier alpha value is -1.41. The van der Waals surface area contributed by atoms with E-state index < -0.39 is 0 Å². The molecule has 2 atom stereocenters. The van der Waals surface area contributed by atoms with E-state index >= 15 is 0 Å². The van der Waals surface area contributed by atoms with Gasteiger partial charge < -0.3 is 5.32 Å². The quantitative estimate of drug-likeness (QED) is 0.788. The molecule has 2 nitrogen and oxygen atoms in total. The van der Waals surface area contributed by atoms with Gasteiger partial charge >= 0.3 is 0 Å². The fourth-order valence-corrected chi connectivity index (χ4v) is 3.01. The smallest absolute Gasteiger partial charge is 0.0702 e. The fraction of sp³-hybridized carbons (Fsp3) is 0.500. The van der Waals surface area contributed by atoms with Crippen molar-refractivity contribution < 1.29 is 0 Å². The Balaban J connectivity index is 2.27. The number of hydrogen-bond donors (Lipinski definition) is 1. The number of nitrogens with one attached hydrogen (secondary N) is 1. The molecule has 0 saturated carbocycles. The van der Waals surface area contributed by atoms with E-state index in [0.717, 1.165) is 5.52 Å². The van der Waals surface area contributed by atoms with Crippen LogP contribution in [-0.2, 0) is 0 Å². The molecular formula is C18H26N2. The molecule has 2 rings (SSSR count). The van der Waals surface area contributed by atoms with Crippen molar-refractivity contribution >= 4 is 10.9 Å². The van der Waals surface area contributed by atoms with Crippen molar-refractivity contribution in [2.24, 2.45) is 5.92 Å². The number of aromatic nitrogens is 1. The lowest BCUT2D eigenvalue weighted by molar-refractivity contribution is 0.338. The number of para-hydroxylation sites is 1. The number of hydrogen-bond acceptors (Lipinski definition) is 2. The molecule has 0 aliphatic carbocycles. The SMILES string of the molecule is CCCCC(CC)C(NC)c1cnc2ccccc2c1. The molecule has 20 heavy (non-hydrogen) atoms. The lowest BCUT2D eigenvalue weighted by Crippen LogP contribution is -2.25. The third-order valence-corrected chi connectivity index (χ3v) is 4.21. The van der Waals surface area contributed by atoms with Gasteiger partial charge in [0.2, 0.25) is 0 Å². The van der Waals surface area contributed by atoms with Crippen molar-refractivity contribution in [3.63, 3.8) is 0 Å². The Kier molecular flexibility index (Phi) is 5.54. The Labute approximate surface area is 122 Å². The summed E-state index contributed by atoms with van der Waals surface area (Å²) in [5.41, 5.74) is 2.39. The minimum absolute atomic E-state index is 0.406. The minimum atomic E-state index is 0.406. The highest BCUT2D eigenvalue weighted by Gasteiger charge is 2.20. The maximum atomic E-state index is 4.61. The first kappa shape index (κ1) is 15.0. The summed E-state index contributed by atoms with van der Waals surface area (Å²) in [5, 5.41) is 4.73. The topological polar surface area (TPSA) is 24.9 Å². The number of benzene rings is 1. The largest absolute Gasteiger partial charge is 0.313 e. The molecule has 108 valence electrons. The molecule has 1 aromatic carbocycles. The Morgan fingerprint density at radius 2 is 2.00 bits per heavy atom. The van der Waals surface area contributed by atoms with E-state index in [1.165, 1.54) is 36.6 Å². The van der Waals surface area contributed by atoms with Gasteiger partial charge in [0.1, 0.15) is 0 Å². The summed E-state index contributed by atoms with van der Waals surface area (Å²) in [5.74, 6) is 0.683. The summed E-state index contributed by atoms with van der Waals surface area (Å²) in [6, 6.07) is 11.0. The highest BCUT2D eigenvalue weighted by Crippen LogP contribution is 2.29. The van der Waals surface area contributed by atoms with Crippen molar-refractivity contribution in [2.45, 2.75) is 45.6 Å². The Morgan fingerprint density at radius 3 is 2.70 bits per heavy atom. The summed E-state index contributed by atoms with van der Waals surface area (Å²) in [4.78, 5) is 4.61. The van der Waals surface area contributed by atoms with Gasteiger partial charge in [-0.25, -0.2) is 0 Å². The van der Waals surface area contributed by atoms with Crippen LogP contribution in [0.1, 0.15) is 51.1 Å². The van der Waals surface area contributed by atoms with Crippen molar-refractivity contribution in [1.82, 2.24) is 10.3 Å². The van der Waals surface area contributed by atoms with Gasteiger partial charge in [0.05, 0.1) is 5.52 Å². The van der Waals surface area contributed by atoms with Gasteiger partial charge in [-0.1, -0.05) is 51.3 Å². The second kappa shape index (κ2) is 7.39. The summed E-state index contributed by atoms with van der Waals surface area (Å²) in [7, 11) is 2.06. The van der Waals surface area contributed by atoms with Gasteiger partial charge in [0.25, 0.3) is 0 Å². The van der Waals surface area contributed by atoms with E-state index in [2.05, 4.69) is 55.5 Å². The molecule has 0 bridgehead atoms. The van der Waals surface area contributed by atoms with Crippen LogP contribution in [0.2, 0.25) is 0 Å². The van der Waals surface area contributed by atoms with Crippen LogP contribution in [0.15, 0.2) is 36.5 Å². The fourth-order valence-electron chi connectivity index (χ4n) is 3.01. The highest BCUT2D eigenvalue weighted by atomic mass is 14.9. The zero-order chi connectivity index (χ0) is 14.4. The standard InChI is InChI=1S/C18H26N2/c1-4-6-9-14(5-2)18(19-3)16-12-15-10-7-8-11-17(15)20-13-16/h7-8,10-14,18-19H,4-6,9H2,1-3H3. The van der Waals surface area contributed by atoms with E-state index in [-0.39, 0.29) is 0 Å². The lowest BCUT2D eigenvalue weighted by Gasteiger charge is -2.26. The maximum Gasteiger partial charge on any atom is 0.0702 e. The average Bonchev–Trinajstić information content (AvgIpc) is 2.51. The average molecular weight is 270 g/mol. The molecule has 0 saturated heterocycles. The van der Waals surface area contributed by atoms with Gasteiger partial charge in [-0.05, 0) is 37.1 Å². The molecule has 0 fully saturated rings. The first-order chi connectivity index (χ1) is 9.80. The number of rotatable bonds is 7. The van der Waals surface area contributed by atoms with Crippen LogP contribution < -0.4 is 5.32 Å². The first-order valence-electron chi connectivity index (χ1n) is 7.82. The number of fused-ring (bicyclic) bond motifs is 1. The molecule has 2 aromatic rings. The number of pyridine rings is 1. The van der Waals surface area contributed by atoms with Crippen LogP contribution in [0, 0.1) is 5.92 Å². The van der Waals surface area contributed by atoms with Crippen molar-refractivity contribution in [3.8, 4) is 0 Å². The molecular weight excluding hydrogens is 244 g/mol. The predicted octanol–water partition coefficient (Wildman–Crippen LogP) is 4.71. The molecule has 0 amide bonds. The van der Waals surface area contributed by atoms with Crippen LogP contribution in [0.25, 0.3) is 10.9 Å². The number of nitrogens with zero attached hydrogens (tertiary/aromatic N) is 1. The van der Waals surface area contributed by atoms with Gasteiger partial charge in [0.15, 0.2) is 0 Å². The zero-order valence-corrected chi connectivity index (χ0v) is 12.9. The second-order valence-electron chi connectivity index (χ2n) is 5.54. The normalized spacial score (nSPS) is 14.3. The first-order valence-corrected chi connectivity index (χ1v) is 7.82. The minimum Gasteiger partial charge on any atom is -0.313 e. The molecule has 0 aliphatic heterocycles. The van der Waals surface area contributed by atoms with Crippen LogP contribution in [0.4, 0.5) is 0 Å². The summed E-state index contributed by atoms with van der Waals surface area (Å²) in [6.07, 6.45) is 7.10. The van der Waals surface area contributed by atoms with Gasteiger partial charge in [-0.2, -0.15) is 0 Å². The summed E-state index contributed by atoms with van der Waals surface area (Å²) >= 11 is 0. The molecule has 2 unspecified atom stereocenters. The van der Waals surface area contributed by atoms with Crippen LogP contribution in [-0.4, -0.2) is 12.0 Å². The van der Waals surface area contributed by atoms with E-state index in [9.17, 15) is 0 Å². The lowest BCUT2D eigenvalue weighted by atomic mass is 9.87. The van der Waals surface area contributed by atoms with Crippen molar-refractivity contribution in [2.75, 3.05) is 7.05 Å². The number of unbranched alkanes of at least 4 members (excludes halogenated alkanes) is 1. The van der Waals surface area contributed by atoms with E-state index in [4.69, 9.17) is 0 Å². The van der Waals surface area contributed by atoms with Crippen molar-refractivity contribution in [1.29, 1.82) is 0 Å². The predicted molar refractivity (Wildman–Crippen MR) is 86.8 cm³/mol. The monoisotopic (exact) mass is 270 g/mol. The van der Waals surface area contributed by atoms with Crippen LogP contribution >= 0.6 is 0 Å². The maximum absolute atomic E-state index is 4.61. The van der Waals surface area contributed by atoms with Crippen molar-refractivity contribution in [3.05, 3.63) is 42.1 Å². The molecule has 0 spiro atoms. The van der Waals surface area contributed by atoms with Gasteiger partial charge in [-0.15, -0.1) is 0 Å². The molecule has 2 heteroatoms. The van der Waals surface area contributed by atoms with Crippen LogP contribution in [0.5, 0.6) is 0 Å².